The van der Waals surface area contributed by atoms with Gasteiger partial charge in [-0.2, -0.15) is 0 Å². The minimum absolute atomic E-state index is 0.0504. The summed E-state index contributed by atoms with van der Waals surface area (Å²) >= 11 is 0. The summed E-state index contributed by atoms with van der Waals surface area (Å²) in [6.45, 7) is 13.2. The first kappa shape index (κ1) is 29.6. The monoisotopic (exact) mass is 564 g/mol. The van der Waals surface area contributed by atoms with Crippen LogP contribution in [0, 0.1) is 28.1 Å². The summed E-state index contributed by atoms with van der Waals surface area (Å²) in [7, 11) is 0. The summed E-state index contributed by atoms with van der Waals surface area (Å²) in [5.41, 5.74) is -4.10. The maximum absolute atomic E-state index is 14.6. The second kappa shape index (κ2) is 9.29. The zero-order valence-electron chi connectivity index (χ0n) is 25.4. The van der Waals surface area contributed by atoms with Crippen LogP contribution in [0.4, 0.5) is 0 Å². The van der Waals surface area contributed by atoms with Crippen molar-refractivity contribution in [2.24, 2.45) is 28.1 Å². The van der Waals surface area contributed by atoms with Gasteiger partial charge in [0.05, 0.1) is 5.56 Å². The average molecular weight is 565 g/mol. The van der Waals surface area contributed by atoms with E-state index in [1.165, 1.54) is 6.07 Å². The predicted molar refractivity (Wildman–Crippen MR) is 155 cm³/mol. The van der Waals surface area contributed by atoms with Gasteiger partial charge < -0.3 is 20.4 Å². The van der Waals surface area contributed by atoms with Crippen LogP contribution in [0.5, 0.6) is 5.75 Å². The smallest absolute Gasteiger partial charge is 0.203 e. The molecular formula is C34H44O7. The van der Waals surface area contributed by atoms with Crippen molar-refractivity contribution in [3.8, 4) is 5.75 Å². The minimum Gasteiger partial charge on any atom is -0.508 e. The molecule has 4 aliphatic carbocycles. The lowest BCUT2D eigenvalue weighted by molar-refractivity contribution is -0.178. The molecule has 0 aromatic heterocycles. The number of aliphatic hydroxyl groups is 3. The predicted octanol–water partition coefficient (Wildman–Crippen LogP) is 6.26. The summed E-state index contributed by atoms with van der Waals surface area (Å²) in [5, 5.41) is 46.6. The van der Waals surface area contributed by atoms with Gasteiger partial charge in [0.1, 0.15) is 22.8 Å². The zero-order valence-corrected chi connectivity index (χ0v) is 25.4. The second-order valence-corrected chi connectivity index (χ2v) is 14.7. The van der Waals surface area contributed by atoms with Gasteiger partial charge in [-0.25, -0.2) is 0 Å². The third-order valence-electron chi connectivity index (χ3n) is 10.9. The molecule has 0 aliphatic heterocycles. The highest BCUT2D eigenvalue weighted by atomic mass is 16.3. The zero-order chi connectivity index (χ0) is 30.4. The molecule has 0 heterocycles. The number of carbonyl (C=O) groups is 3. The lowest BCUT2D eigenvalue weighted by Gasteiger charge is -2.60. The Balaban J connectivity index is 1.75. The molecule has 1 aromatic rings. The Labute approximate surface area is 242 Å². The fourth-order valence-corrected chi connectivity index (χ4v) is 9.09. The highest BCUT2D eigenvalue weighted by Gasteiger charge is 2.72. The van der Waals surface area contributed by atoms with Crippen molar-refractivity contribution in [3.63, 3.8) is 0 Å². The number of hydrogen-bond donors (Lipinski definition) is 4. The van der Waals surface area contributed by atoms with E-state index in [1.807, 2.05) is 47.6 Å². The summed E-state index contributed by atoms with van der Waals surface area (Å²) in [5.74, 6) is -4.68. The maximum Gasteiger partial charge on any atom is 0.203 e. The Morgan fingerprint density at radius 3 is 2.17 bits per heavy atom. The van der Waals surface area contributed by atoms with Gasteiger partial charge in [0.25, 0.3) is 0 Å². The first-order chi connectivity index (χ1) is 18.9. The second-order valence-electron chi connectivity index (χ2n) is 14.7. The number of phenolic OH excluding ortho intramolecular Hbond substituents is 1. The van der Waals surface area contributed by atoms with Crippen LogP contribution in [-0.2, 0) is 20.8 Å². The van der Waals surface area contributed by atoms with Gasteiger partial charge in [-0.1, -0.05) is 67.4 Å². The summed E-state index contributed by atoms with van der Waals surface area (Å²) in [4.78, 5) is 42.5. The van der Waals surface area contributed by atoms with Gasteiger partial charge in [0.15, 0.2) is 17.2 Å². The maximum atomic E-state index is 14.6. The molecule has 7 heteroatoms. The van der Waals surface area contributed by atoms with Gasteiger partial charge >= 0.3 is 0 Å². The first-order valence-electron chi connectivity index (χ1n) is 15.0. The number of fused-ring (bicyclic) bond motifs is 3. The molecule has 1 aromatic carbocycles. The number of phenols is 1. The van der Waals surface area contributed by atoms with E-state index >= 15 is 0 Å². The minimum atomic E-state index is -2.59. The Kier molecular flexibility index (Phi) is 6.69. The van der Waals surface area contributed by atoms with Gasteiger partial charge in [-0.3, -0.25) is 14.4 Å². The van der Waals surface area contributed by atoms with Crippen molar-refractivity contribution in [3.05, 3.63) is 45.7 Å². The molecule has 2 fully saturated rings. The number of Topliss-reactive ketones (excluding diaryl/α,β-unsaturated/α-hetero) is 3. The summed E-state index contributed by atoms with van der Waals surface area (Å²) in [6, 6.07) is 3.31. The van der Waals surface area contributed by atoms with E-state index in [0.29, 0.717) is 6.42 Å². The van der Waals surface area contributed by atoms with Gasteiger partial charge in [-0.05, 0) is 60.1 Å². The van der Waals surface area contributed by atoms with Crippen LogP contribution in [0.1, 0.15) is 110 Å². The normalized spacial score (nSPS) is 32.9. The number of aromatic hydroxyl groups is 1. The highest BCUT2D eigenvalue weighted by Crippen LogP contribution is 2.65. The molecule has 4 N–H and O–H groups in total. The average Bonchev–Trinajstić information content (AvgIpc) is 3.26. The first-order valence-corrected chi connectivity index (χ1v) is 15.0. The topological polar surface area (TPSA) is 132 Å². The van der Waals surface area contributed by atoms with E-state index in [9.17, 15) is 34.8 Å². The van der Waals surface area contributed by atoms with E-state index < -0.39 is 56.8 Å². The SMILES string of the molecule is CC(C)c1ccc(O)c2c1C[C@]1(C)C[C@]3(C)C(C(C)C)C(=O)C(C(=O)CC4(C)CCCC4)=C(O)[C@]3(O)C(=O)C1=C2O. The van der Waals surface area contributed by atoms with Gasteiger partial charge in [0, 0.05) is 28.7 Å². The Bertz CT molecular complexity index is 1420. The van der Waals surface area contributed by atoms with E-state index in [-0.39, 0.29) is 47.0 Å². The molecule has 0 bridgehead atoms. The number of benzene rings is 1. The van der Waals surface area contributed by atoms with E-state index in [2.05, 4.69) is 0 Å². The number of aliphatic hydroxyl groups excluding tert-OH is 2. The lowest BCUT2D eigenvalue weighted by Crippen LogP contribution is -2.69. The van der Waals surface area contributed by atoms with Crippen molar-refractivity contribution in [1.29, 1.82) is 0 Å². The molecule has 7 nitrogen and oxygen atoms in total. The highest BCUT2D eigenvalue weighted by molar-refractivity contribution is 6.25. The third kappa shape index (κ3) is 3.90. The molecule has 222 valence electrons. The third-order valence-corrected chi connectivity index (χ3v) is 10.9. The molecule has 0 saturated heterocycles. The van der Waals surface area contributed by atoms with Crippen LogP contribution in [0.3, 0.4) is 0 Å². The van der Waals surface area contributed by atoms with Gasteiger partial charge in [0.2, 0.25) is 5.78 Å². The molecule has 2 saturated carbocycles. The van der Waals surface area contributed by atoms with Gasteiger partial charge in [-0.15, -0.1) is 0 Å². The molecule has 4 aliphatic rings. The van der Waals surface area contributed by atoms with Crippen LogP contribution < -0.4 is 0 Å². The van der Waals surface area contributed by atoms with Crippen LogP contribution in [0.25, 0.3) is 5.76 Å². The fraction of sp³-hybridized carbons (Fsp3) is 0.618. The van der Waals surface area contributed by atoms with Crippen LogP contribution in [0.2, 0.25) is 0 Å². The quantitative estimate of drug-likeness (QED) is 0.310. The standard InChI is InChI=1S/C34H44O7/c1-17(2)19-10-11-21(35)23-20(19)14-32(6)16-33(7)25(18(3)4)28(38)24(22(36)15-31(5)12-8-9-13-31)29(39)34(33,41)30(40)26(32)27(23)37/h10-11,17-18,25,35,37,39,41H,8-9,12-16H2,1-7H3/t25?,32-,33-,34+/m1/s1. The molecule has 0 spiro atoms. The number of ketones is 3. The fourth-order valence-electron chi connectivity index (χ4n) is 9.09. The van der Waals surface area contributed by atoms with Crippen LogP contribution >= 0.6 is 0 Å². The Morgan fingerprint density at radius 2 is 1.61 bits per heavy atom. The summed E-state index contributed by atoms with van der Waals surface area (Å²) in [6.07, 6.45) is 4.08. The molecule has 0 amide bonds. The van der Waals surface area contributed by atoms with Crippen LogP contribution in [0.15, 0.2) is 29.0 Å². The van der Waals surface area contributed by atoms with E-state index in [1.54, 1.807) is 6.92 Å². The molecule has 0 radical (unpaired) electrons. The number of allylic oxidation sites excluding steroid dienone is 1. The molecular weight excluding hydrogens is 520 g/mol. The molecule has 41 heavy (non-hydrogen) atoms. The van der Waals surface area contributed by atoms with Crippen molar-refractivity contribution in [2.45, 2.75) is 105 Å². The number of hydrogen-bond acceptors (Lipinski definition) is 7. The van der Waals surface area contributed by atoms with Crippen molar-refractivity contribution < 1.29 is 34.8 Å². The van der Waals surface area contributed by atoms with E-state index in [4.69, 9.17) is 0 Å². The van der Waals surface area contributed by atoms with Crippen molar-refractivity contribution in [2.75, 3.05) is 0 Å². The number of rotatable bonds is 5. The Morgan fingerprint density at radius 1 is 1.00 bits per heavy atom. The lowest BCUT2D eigenvalue weighted by atomic mass is 9.43. The van der Waals surface area contributed by atoms with E-state index in [0.717, 1.165) is 36.8 Å². The van der Waals surface area contributed by atoms with Crippen LogP contribution in [-0.4, -0.2) is 43.4 Å². The molecule has 5 rings (SSSR count). The molecule has 4 atom stereocenters. The number of carbonyl (C=O) groups excluding carboxylic acids is 3. The Hall–Kier alpha value is -2.93. The van der Waals surface area contributed by atoms with Crippen molar-refractivity contribution >= 4 is 23.1 Å². The summed E-state index contributed by atoms with van der Waals surface area (Å²) < 4.78 is 0. The largest absolute Gasteiger partial charge is 0.508 e. The molecule has 1 unspecified atom stereocenters. The van der Waals surface area contributed by atoms with Crippen molar-refractivity contribution in [1.82, 2.24) is 0 Å².